The molecular weight excluding hydrogens is 300 g/mol. The Morgan fingerprint density at radius 2 is 1.86 bits per heavy atom. The monoisotopic (exact) mass is 324 g/mol. The molecule has 2 rings (SSSR count). The lowest BCUT2D eigenvalue weighted by Gasteiger charge is -2.14. The maximum atomic E-state index is 6.03. The van der Waals surface area contributed by atoms with Crippen LogP contribution in [0.1, 0.15) is 19.0 Å². The topological polar surface area (TPSA) is 49.4 Å². The molecule has 0 amide bonds. The summed E-state index contributed by atoms with van der Waals surface area (Å²) in [5.41, 5.74) is 7.29. The van der Waals surface area contributed by atoms with Gasteiger partial charge in [-0.25, -0.2) is 0 Å². The fraction of sp³-hybridized carbons (Fsp3) is 0.412. The zero-order chi connectivity index (χ0) is 15.1. The van der Waals surface area contributed by atoms with Crippen molar-refractivity contribution in [3.8, 4) is 11.5 Å². The van der Waals surface area contributed by atoms with E-state index in [1.165, 1.54) is 5.69 Å². The van der Waals surface area contributed by atoms with Gasteiger partial charge in [0, 0.05) is 24.4 Å². The number of ether oxygens (including phenoxy) is 2. The average molecular weight is 325 g/mol. The first-order valence-electron chi connectivity index (χ1n) is 7.40. The van der Waals surface area contributed by atoms with E-state index >= 15 is 0 Å². The van der Waals surface area contributed by atoms with E-state index in [1.807, 2.05) is 24.3 Å². The largest absolute Gasteiger partial charge is 0.493 e. The third-order valence-electron chi connectivity index (χ3n) is 3.58. The molecule has 1 atom stereocenters. The number of methoxy groups -OCH3 is 1. The van der Waals surface area contributed by atoms with Gasteiger partial charge < -0.3 is 19.8 Å². The second-order valence-electron chi connectivity index (χ2n) is 5.06. The number of benzene rings is 1. The predicted molar refractivity (Wildman–Crippen MR) is 92.1 cm³/mol. The molecule has 0 saturated carbocycles. The van der Waals surface area contributed by atoms with E-state index in [0.29, 0.717) is 6.61 Å². The second-order valence-corrected chi connectivity index (χ2v) is 5.06. The van der Waals surface area contributed by atoms with Crippen LogP contribution in [0.25, 0.3) is 0 Å². The van der Waals surface area contributed by atoms with Gasteiger partial charge in [0.2, 0.25) is 0 Å². The molecule has 22 heavy (non-hydrogen) atoms. The molecule has 0 spiro atoms. The summed E-state index contributed by atoms with van der Waals surface area (Å²) in [6, 6.07) is 12.1. The van der Waals surface area contributed by atoms with Crippen molar-refractivity contribution in [2.24, 2.45) is 5.73 Å². The lowest BCUT2D eigenvalue weighted by molar-refractivity contribution is 0.278. The first-order valence-corrected chi connectivity index (χ1v) is 7.40. The maximum Gasteiger partial charge on any atom is 0.161 e. The Labute approximate surface area is 138 Å². The van der Waals surface area contributed by atoms with Gasteiger partial charge in [0.15, 0.2) is 11.5 Å². The van der Waals surface area contributed by atoms with Gasteiger partial charge in [-0.05, 0) is 30.7 Å². The van der Waals surface area contributed by atoms with Gasteiger partial charge in [-0.15, -0.1) is 12.4 Å². The third kappa shape index (κ3) is 4.97. The Hall–Kier alpha value is -1.65. The third-order valence-corrected chi connectivity index (χ3v) is 3.58. The van der Waals surface area contributed by atoms with Crippen LogP contribution in [-0.2, 0) is 13.0 Å². The van der Waals surface area contributed by atoms with Gasteiger partial charge in [-0.1, -0.05) is 19.1 Å². The van der Waals surface area contributed by atoms with Crippen molar-refractivity contribution < 1.29 is 9.47 Å². The van der Waals surface area contributed by atoms with Crippen molar-refractivity contribution in [1.82, 2.24) is 4.57 Å². The summed E-state index contributed by atoms with van der Waals surface area (Å²) in [5.74, 6) is 1.54. The van der Waals surface area contributed by atoms with Crippen LogP contribution in [0, 0.1) is 0 Å². The van der Waals surface area contributed by atoms with Gasteiger partial charge in [0.1, 0.15) is 6.61 Å². The lowest BCUT2D eigenvalue weighted by atomic mass is 10.1. The smallest absolute Gasteiger partial charge is 0.161 e. The molecule has 5 heteroatoms. The van der Waals surface area contributed by atoms with E-state index in [9.17, 15) is 0 Å². The van der Waals surface area contributed by atoms with Crippen LogP contribution < -0.4 is 15.2 Å². The van der Waals surface area contributed by atoms with Crippen molar-refractivity contribution in [2.45, 2.75) is 32.4 Å². The number of nitrogens with two attached hydrogens (primary N) is 1. The molecule has 0 bridgehead atoms. The molecule has 1 unspecified atom stereocenters. The van der Waals surface area contributed by atoms with E-state index in [1.54, 1.807) is 7.11 Å². The second kappa shape index (κ2) is 9.38. The Morgan fingerprint density at radius 1 is 1.14 bits per heavy atom. The van der Waals surface area contributed by atoms with Crippen molar-refractivity contribution >= 4 is 12.4 Å². The standard InChI is InChI=1S/C17H24N2O2.ClH/c1-3-14(18)13-15-7-6-10-19(15)11-12-21-17-9-5-4-8-16(17)20-2;/h4-10,14H,3,11-13,18H2,1-2H3;1H. The minimum absolute atomic E-state index is 0. The number of rotatable bonds is 8. The number of halogens is 1. The average Bonchev–Trinajstić information content (AvgIpc) is 2.95. The summed E-state index contributed by atoms with van der Waals surface area (Å²) in [6.07, 6.45) is 3.96. The number of para-hydroxylation sites is 2. The fourth-order valence-electron chi connectivity index (χ4n) is 2.26. The number of hydrogen-bond acceptors (Lipinski definition) is 3. The van der Waals surface area contributed by atoms with Crippen LogP contribution in [0.15, 0.2) is 42.6 Å². The van der Waals surface area contributed by atoms with Crippen molar-refractivity contribution in [2.75, 3.05) is 13.7 Å². The fourth-order valence-corrected chi connectivity index (χ4v) is 2.26. The lowest BCUT2D eigenvalue weighted by Crippen LogP contribution is -2.23. The zero-order valence-electron chi connectivity index (χ0n) is 13.2. The highest BCUT2D eigenvalue weighted by molar-refractivity contribution is 5.85. The molecule has 0 aliphatic rings. The molecule has 1 heterocycles. The summed E-state index contributed by atoms with van der Waals surface area (Å²) >= 11 is 0. The summed E-state index contributed by atoms with van der Waals surface area (Å²) in [4.78, 5) is 0. The van der Waals surface area contributed by atoms with E-state index in [-0.39, 0.29) is 18.4 Å². The summed E-state index contributed by atoms with van der Waals surface area (Å²) < 4.78 is 13.3. The summed E-state index contributed by atoms with van der Waals surface area (Å²) in [5, 5.41) is 0. The van der Waals surface area contributed by atoms with Crippen molar-refractivity contribution in [3.63, 3.8) is 0 Å². The quantitative estimate of drug-likeness (QED) is 0.810. The van der Waals surface area contributed by atoms with Gasteiger partial charge in [-0.3, -0.25) is 0 Å². The molecule has 122 valence electrons. The maximum absolute atomic E-state index is 6.03. The van der Waals surface area contributed by atoms with Crippen LogP contribution in [0.2, 0.25) is 0 Å². The Balaban J connectivity index is 0.00000242. The summed E-state index contributed by atoms with van der Waals surface area (Å²) in [7, 11) is 1.65. The molecule has 1 aromatic heterocycles. The first kappa shape index (κ1) is 18.4. The number of hydrogen-bond donors (Lipinski definition) is 1. The van der Waals surface area contributed by atoms with E-state index in [0.717, 1.165) is 30.9 Å². The highest BCUT2D eigenvalue weighted by Gasteiger charge is 2.07. The Bertz CT molecular complexity index is 557. The van der Waals surface area contributed by atoms with Crippen LogP contribution in [0.3, 0.4) is 0 Å². The van der Waals surface area contributed by atoms with Crippen molar-refractivity contribution in [1.29, 1.82) is 0 Å². The Morgan fingerprint density at radius 3 is 2.55 bits per heavy atom. The van der Waals surface area contributed by atoms with Crippen LogP contribution in [0.4, 0.5) is 0 Å². The minimum Gasteiger partial charge on any atom is -0.493 e. The normalized spacial score (nSPS) is 11.6. The molecule has 0 aliphatic carbocycles. The molecular formula is C17H25ClN2O2. The molecule has 0 saturated heterocycles. The Kier molecular flexibility index (Phi) is 7.85. The van der Waals surface area contributed by atoms with Gasteiger partial charge in [0.05, 0.1) is 13.7 Å². The number of nitrogens with zero attached hydrogens (tertiary/aromatic N) is 1. The van der Waals surface area contributed by atoms with Crippen LogP contribution >= 0.6 is 12.4 Å². The predicted octanol–water partition coefficient (Wildman–Crippen LogP) is 3.28. The SMILES string of the molecule is CCC(N)Cc1cccn1CCOc1ccccc1OC.Cl. The minimum atomic E-state index is 0. The highest BCUT2D eigenvalue weighted by Crippen LogP contribution is 2.25. The highest BCUT2D eigenvalue weighted by atomic mass is 35.5. The van der Waals surface area contributed by atoms with Gasteiger partial charge in [0.25, 0.3) is 0 Å². The molecule has 2 N–H and O–H groups in total. The molecule has 2 aromatic rings. The van der Waals surface area contributed by atoms with E-state index in [2.05, 4.69) is 29.8 Å². The number of aromatic nitrogens is 1. The van der Waals surface area contributed by atoms with E-state index in [4.69, 9.17) is 15.2 Å². The molecule has 1 aromatic carbocycles. The molecule has 0 radical (unpaired) electrons. The van der Waals surface area contributed by atoms with Crippen LogP contribution in [0.5, 0.6) is 11.5 Å². The van der Waals surface area contributed by atoms with Crippen molar-refractivity contribution in [3.05, 3.63) is 48.3 Å². The molecule has 0 aliphatic heterocycles. The van der Waals surface area contributed by atoms with Gasteiger partial charge in [-0.2, -0.15) is 0 Å². The van der Waals surface area contributed by atoms with Crippen LogP contribution in [-0.4, -0.2) is 24.3 Å². The summed E-state index contributed by atoms with van der Waals surface area (Å²) in [6.45, 7) is 3.52. The molecule has 4 nitrogen and oxygen atoms in total. The first-order chi connectivity index (χ1) is 10.2. The van der Waals surface area contributed by atoms with Gasteiger partial charge >= 0.3 is 0 Å². The molecule has 0 fully saturated rings. The zero-order valence-corrected chi connectivity index (χ0v) is 14.0. The van der Waals surface area contributed by atoms with E-state index < -0.39 is 0 Å².